The van der Waals surface area contributed by atoms with Gasteiger partial charge < -0.3 is 10.4 Å². The Bertz CT molecular complexity index is 779. The Morgan fingerprint density at radius 2 is 2.00 bits per heavy atom. The van der Waals surface area contributed by atoms with E-state index in [1.54, 1.807) is 0 Å². The van der Waals surface area contributed by atoms with Gasteiger partial charge in [0.05, 0.1) is 16.9 Å². The van der Waals surface area contributed by atoms with Crippen molar-refractivity contribution in [2.75, 3.05) is 11.9 Å². The van der Waals surface area contributed by atoms with Crippen LogP contribution < -0.4 is 15.2 Å². The summed E-state index contributed by atoms with van der Waals surface area (Å²) in [7, 11) is -8.01. The van der Waals surface area contributed by atoms with Gasteiger partial charge in [0.15, 0.2) is 0 Å². The number of primary sulfonamides is 1. The Balaban J connectivity index is 2.40. The van der Waals surface area contributed by atoms with Crippen molar-refractivity contribution in [3.05, 3.63) is 17.2 Å². The van der Waals surface area contributed by atoms with Gasteiger partial charge in [-0.1, -0.05) is 11.6 Å². The Morgan fingerprint density at radius 3 is 2.59 bits per heavy atom. The molecule has 0 fully saturated rings. The predicted octanol–water partition coefficient (Wildman–Crippen LogP) is 0.180. The first-order valence-corrected chi connectivity index (χ1v) is 9.82. The fourth-order valence-corrected chi connectivity index (χ4v) is 4.68. The number of rotatable bonds is 5. The quantitative estimate of drug-likeness (QED) is 0.546. The van der Waals surface area contributed by atoms with Crippen LogP contribution >= 0.6 is 11.6 Å². The number of unbranched alkanes of at least 4 members (excludes halogenated alkanes) is 1. The van der Waals surface area contributed by atoms with Gasteiger partial charge in [0.1, 0.15) is 9.79 Å². The van der Waals surface area contributed by atoms with Gasteiger partial charge in [-0.15, -0.1) is 0 Å². The molecule has 1 atom stereocenters. The molecule has 1 unspecified atom stereocenters. The molecule has 0 amide bonds. The summed E-state index contributed by atoms with van der Waals surface area (Å²) in [6.07, 6.45) is 1.08. The van der Waals surface area contributed by atoms with E-state index in [-0.39, 0.29) is 22.2 Å². The Morgan fingerprint density at radius 1 is 1.32 bits per heavy atom. The minimum absolute atomic E-state index is 0.0274. The molecule has 11 heteroatoms. The SMILES string of the molecule is NS(=O)(=O)c1cc2c(cc1Cl)NC(CCCCO)NS2(=O)=O. The topological polar surface area (TPSA) is 139 Å². The van der Waals surface area contributed by atoms with Gasteiger partial charge >= 0.3 is 0 Å². The first-order chi connectivity index (χ1) is 10.1. The molecular formula is C11H16ClN3O5S2. The van der Waals surface area contributed by atoms with Crippen LogP contribution in [0.1, 0.15) is 19.3 Å². The molecule has 0 aromatic heterocycles. The zero-order chi connectivity index (χ0) is 16.5. The molecule has 8 nitrogen and oxygen atoms in total. The fourth-order valence-electron chi connectivity index (χ4n) is 2.15. The Labute approximate surface area is 133 Å². The molecule has 1 aromatic carbocycles. The first-order valence-electron chi connectivity index (χ1n) is 6.41. The average Bonchev–Trinajstić information content (AvgIpc) is 2.35. The van der Waals surface area contributed by atoms with E-state index < -0.39 is 31.1 Å². The summed E-state index contributed by atoms with van der Waals surface area (Å²) in [5, 5.41) is 16.6. The lowest BCUT2D eigenvalue weighted by atomic mass is 10.2. The Kier molecular flexibility index (Phi) is 5.00. The predicted molar refractivity (Wildman–Crippen MR) is 81.5 cm³/mol. The van der Waals surface area contributed by atoms with Crippen molar-refractivity contribution in [3.63, 3.8) is 0 Å². The number of anilines is 1. The molecule has 1 aliphatic heterocycles. The van der Waals surface area contributed by atoms with Crippen LogP contribution in [0.15, 0.2) is 21.9 Å². The van der Waals surface area contributed by atoms with E-state index >= 15 is 0 Å². The monoisotopic (exact) mass is 369 g/mol. The molecule has 2 rings (SSSR count). The summed E-state index contributed by atoms with van der Waals surface area (Å²) in [4.78, 5) is -0.668. The van der Waals surface area contributed by atoms with Crippen LogP contribution in [0.3, 0.4) is 0 Å². The number of nitrogens with one attached hydrogen (secondary N) is 2. The van der Waals surface area contributed by atoms with E-state index in [2.05, 4.69) is 10.0 Å². The summed E-state index contributed by atoms with van der Waals surface area (Å²) < 4.78 is 49.7. The summed E-state index contributed by atoms with van der Waals surface area (Å²) in [5.41, 5.74) is 0.213. The van der Waals surface area contributed by atoms with E-state index in [9.17, 15) is 16.8 Å². The van der Waals surface area contributed by atoms with Gasteiger partial charge in [-0.3, -0.25) is 0 Å². The van der Waals surface area contributed by atoms with Crippen molar-refractivity contribution in [1.29, 1.82) is 0 Å². The third kappa shape index (κ3) is 3.70. The minimum atomic E-state index is -4.13. The molecule has 0 aliphatic carbocycles. The maximum absolute atomic E-state index is 12.2. The highest BCUT2D eigenvalue weighted by atomic mass is 35.5. The average molecular weight is 370 g/mol. The number of aliphatic hydroxyl groups is 1. The van der Waals surface area contributed by atoms with Gasteiger partial charge in [0, 0.05) is 6.61 Å². The van der Waals surface area contributed by atoms with Crippen LogP contribution in [0, 0.1) is 0 Å². The third-order valence-electron chi connectivity index (χ3n) is 3.16. The molecule has 1 aromatic rings. The fraction of sp³-hybridized carbons (Fsp3) is 0.455. The number of halogens is 1. The number of fused-ring (bicyclic) bond motifs is 1. The zero-order valence-corrected chi connectivity index (χ0v) is 13.8. The van der Waals surface area contributed by atoms with E-state index in [1.165, 1.54) is 6.07 Å². The summed E-state index contributed by atoms with van der Waals surface area (Å²) in [5.74, 6) is 0. The highest BCUT2D eigenvalue weighted by Crippen LogP contribution is 2.34. The minimum Gasteiger partial charge on any atom is -0.396 e. The normalized spacial score (nSPS) is 20.2. The van der Waals surface area contributed by atoms with Crippen LogP contribution in [-0.4, -0.2) is 34.7 Å². The highest BCUT2D eigenvalue weighted by molar-refractivity contribution is 7.90. The van der Waals surface area contributed by atoms with E-state index in [1.807, 2.05) is 0 Å². The number of sulfonamides is 2. The number of hydrogen-bond acceptors (Lipinski definition) is 6. The van der Waals surface area contributed by atoms with Crippen LogP contribution in [-0.2, 0) is 20.0 Å². The largest absolute Gasteiger partial charge is 0.396 e. The number of aliphatic hydroxyl groups excluding tert-OH is 1. The smallest absolute Gasteiger partial charge is 0.244 e. The second-order valence-corrected chi connectivity index (χ2v) is 8.48. The first kappa shape index (κ1) is 17.4. The molecule has 124 valence electrons. The van der Waals surface area contributed by atoms with E-state index in [0.29, 0.717) is 19.3 Å². The molecular weight excluding hydrogens is 354 g/mol. The number of nitrogens with two attached hydrogens (primary N) is 1. The molecule has 5 N–H and O–H groups in total. The summed E-state index contributed by atoms with van der Waals surface area (Å²) >= 11 is 5.87. The molecule has 22 heavy (non-hydrogen) atoms. The van der Waals surface area contributed by atoms with Crippen LogP contribution in [0.25, 0.3) is 0 Å². The molecule has 0 spiro atoms. The molecule has 0 bridgehead atoms. The van der Waals surface area contributed by atoms with Gasteiger partial charge in [-0.25, -0.2) is 22.0 Å². The van der Waals surface area contributed by atoms with Crippen molar-refractivity contribution >= 4 is 37.3 Å². The van der Waals surface area contributed by atoms with Crippen molar-refractivity contribution in [2.24, 2.45) is 5.14 Å². The van der Waals surface area contributed by atoms with Gasteiger partial charge in [0.25, 0.3) is 0 Å². The van der Waals surface area contributed by atoms with Gasteiger partial charge in [0.2, 0.25) is 20.0 Å². The van der Waals surface area contributed by atoms with Crippen molar-refractivity contribution in [1.82, 2.24) is 4.72 Å². The maximum atomic E-state index is 12.2. The highest BCUT2D eigenvalue weighted by Gasteiger charge is 2.31. The van der Waals surface area contributed by atoms with Crippen molar-refractivity contribution in [2.45, 2.75) is 35.2 Å². The zero-order valence-electron chi connectivity index (χ0n) is 11.4. The van der Waals surface area contributed by atoms with Gasteiger partial charge in [-0.05, 0) is 31.4 Å². The molecule has 1 heterocycles. The van der Waals surface area contributed by atoms with Gasteiger partial charge in [-0.2, -0.15) is 4.72 Å². The maximum Gasteiger partial charge on any atom is 0.244 e. The van der Waals surface area contributed by atoms with E-state index in [0.717, 1.165) is 6.07 Å². The van der Waals surface area contributed by atoms with Crippen LogP contribution in [0.4, 0.5) is 5.69 Å². The number of hydrogen-bond donors (Lipinski definition) is 4. The van der Waals surface area contributed by atoms with Crippen LogP contribution in [0.2, 0.25) is 5.02 Å². The molecule has 0 saturated heterocycles. The summed E-state index contributed by atoms with van der Waals surface area (Å²) in [6.45, 7) is 0.0274. The summed E-state index contributed by atoms with van der Waals surface area (Å²) in [6, 6.07) is 2.17. The Hall–Kier alpha value is -0.910. The van der Waals surface area contributed by atoms with Crippen molar-refractivity contribution < 1.29 is 21.9 Å². The van der Waals surface area contributed by atoms with Crippen molar-refractivity contribution in [3.8, 4) is 0 Å². The lowest BCUT2D eigenvalue weighted by molar-refractivity contribution is 0.281. The second kappa shape index (κ2) is 6.30. The second-order valence-electron chi connectivity index (χ2n) is 4.86. The molecule has 0 radical (unpaired) electrons. The number of benzene rings is 1. The van der Waals surface area contributed by atoms with Crippen LogP contribution in [0.5, 0.6) is 0 Å². The molecule has 0 saturated carbocycles. The third-order valence-corrected chi connectivity index (χ3v) is 6.05. The lowest BCUT2D eigenvalue weighted by Gasteiger charge is -2.28. The lowest BCUT2D eigenvalue weighted by Crippen LogP contribution is -2.44. The standard InChI is InChI=1S/C11H16ClN3O5S2/c12-7-5-8-10(6-9(7)21(13,17)18)22(19,20)15-11(14-8)3-1-2-4-16/h5-6,11,14-16H,1-4H2,(H2,13,17,18). The van der Waals surface area contributed by atoms with E-state index in [4.69, 9.17) is 21.8 Å². The molecule has 1 aliphatic rings.